The summed E-state index contributed by atoms with van der Waals surface area (Å²) in [5.41, 5.74) is 1.48. The molecule has 3 aliphatic carbocycles. The first kappa shape index (κ1) is 20.2. The van der Waals surface area contributed by atoms with Crippen molar-refractivity contribution in [2.24, 2.45) is 23.7 Å². The first-order valence-corrected chi connectivity index (χ1v) is 11.5. The highest BCUT2D eigenvalue weighted by atomic mass is 79.9. The molecule has 1 saturated carbocycles. The maximum atomic E-state index is 13.5. The highest BCUT2D eigenvalue weighted by Gasteiger charge is 2.58. The zero-order chi connectivity index (χ0) is 21.5. The van der Waals surface area contributed by atoms with E-state index in [0.29, 0.717) is 5.69 Å². The van der Waals surface area contributed by atoms with Crippen LogP contribution in [0.5, 0.6) is 0 Å². The predicted molar refractivity (Wildman–Crippen MR) is 121 cm³/mol. The van der Waals surface area contributed by atoms with E-state index in [-0.39, 0.29) is 47.8 Å². The van der Waals surface area contributed by atoms with Crippen molar-refractivity contribution >= 4 is 39.3 Å². The molecule has 2 fully saturated rings. The second-order valence-corrected chi connectivity index (χ2v) is 9.49. The number of allylic oxidation sites excluding steroid dienone is 2. The van der Waals surface area contributed by atoms with Crippen molar-refractivity contribution in [2.75, 3.05) is 5.32 Å². The number of carbonyl (C=O) groups excluding carboxylic acids is 3. The minimum Gasteiger partial charge on any atom is -0.326 e. The Hall–Kier alpha value is -2.73. The first-order valence-electron chi connectivity index (χ1n) is 10.7. The Morgan fingerprint density at radius 1 is 0.935 bits per heavy atom. The van der Waals surface area contributed by atoms with Gasteiger partial charge in [-0.25, -0.2) is 0 Å². The molecule has 1 aliphatic heterocycles. The van der Waals surface area contributed by atoms with Crippen molar-refractivity contribution in [3.05, 3.63) is 76.8 Å². The van der Waals surface area contributed by atoms with Gasteiger partial charge < -0.3 is 5.32 Å². The SMILES string of the molecule is O=C(C[C@H](c1ccccc1)N1C(=O)[C@@H]2[C@@H](C1=O)[C@H]1C=C[C@H]2CC1)Nc1ccc(Br)cc1. The van der Waals surface area contributed by atoms with Gasteiger partial charge in [0, 0.05) is 10.2 Å². The number of anilines is 1. The summed E-state index contributed by atoms with van der Waals surface area (Å²) in [7, 11) is 0. The third-order valence-electron chi connectivity index (χ3n) is 6.80. The molecular formula is C25H23BrN2O3. The molecule has 0 aromatic heterocycles. The van der Waals surface area contributed by atoms with E-state index in [1.807, 2.05) is 54.6 Å². The number of imide groups is 1. The Labute approximate surface area is 189 Å². The molecule has 5 nitrogen and oxygen atoms in total. The number of hydrogen-bond acceptors (Lipinski definition) is 3. The van der Waals surface area contributed by atoms with E-state index in [4.69, 9.17) is 0 Å². The van der Waals surface area contributed by atoms with E-state index < -0.39 is 6.04 Å². The molecule has 6 heteroatoms. The van der Waals surface area contributed by atoms with Crippen LogP contribution in [-0.2, 0) is 14.4 Å². The molecule has 6 rings (SSSR count). The van der Waals surface area contributed by atoms with E-state index in [0.717, 1.165) is 22.9 Å². The lowest BCUT2D eigenvalue weighted by Gasteiger charge is -2.38. The maximum Gasteiger partial charge on any atom is 0.234 e. The van der Waals surface area contributed by atoms with Gasteiger partial charge in [-0.1, -0.05) is 58.4 Å². The predicted octanol–water partition coefficient (Wildman–Crippen LogP) is 4.72. The van der Waals surface area contributed by atoms with Gasteiger partial charge in [0.1, 0.15) is 0 Å². The molecule has 0 radical (unpaired) electrons. The van der Waals surface area contributed by atoms with Gasteiger partial charge in [-0.05, 0) is 54.5 Å². The number of rotatable bonds is 5. The Kier molecular flexibility index (Phi) is 5.26. The molecule has 31 heavy (non-hydrogen) atoms. The lowest BCUT2D eigenvalue weighted by molar-refractivity contribution is -0.143. The fourth-order valence-electron chi connectivity index (χ4n) is 5.36. The zero-order valence-electron chi connectivity index (χ0n) is 16.9. The summed E-state index contributed by atoms with van der Waals surface area (Å²) < 4.78 is 0.923. The molecule has 1 saturated heterocycles. The van der Waals surface area contributed by atoms with E-state index in [2.05, 4.69) is 33.4 Å². The third kappa shape index (κ3) is 3.63. The monoisotopic (exact) mass is 478 g/mol. The van der Waals surface area contributed by atoms with Gasteiger partial charge in [0.15, 0.2) is 0 Å². The van der Waals surface area contributed by atoms with Gasteiger partial charge in [-0.2, -0.15) is 0 Å². The molecule has 2 aromatic rings. The quantitative estimate of drug-likeness (QED) is 0.499. The summed E-state index contributed by atoms with van der Waals surface area (Å²) in [6.07, 6.45) is 6.16. The normalized spacial score (nSPS) is 27.3. The number of halogens is 1. The van der Waals surface area contributed by atoms with Crippen molar-refractivity contribution in [1.82, 2.24) is 4.90 Å². The molecule has 0 spiro atoms. The Morgan fingerprint density at radius 2 is 1.52 bits per heavy atom. The number of benzene rings is 2. The Bertz CT molecular complexity index is 1020. The summed E-state index contributed by atoms with van der Waals surface area (Å²) in [5.74, 6) is -0.783. The smallest absolute Gasteiger partial charge is 0.234 e. The van der Waals surface area contributed by atoms with Crippen molar-refractivity contribution in [3.63, 3.8) is 0 Å². The van der Waals surface area contributed by atoms with Crippen molar-refractivity contribution in [1.29, 1.82) is 0 Å². The average Bonchev–Trinajstić information content (AvgIpc) is 3.07. The lowest BCUT2D eigenvalue weighted by Crippen LogP contribution is -2.38. The number of amides is 3. The summed E-state index contributed by atoms with van der Waals surface area (Å²) in [4.78, 5) is 41.2. The summed E-state index contributed by atoms with van der Waals surface area (Å²) >= 11 is 3.39. The summed E-state index contributed by atoms with van der Waals surface area (Å²) in [5, 5.41) is 2.89. The summed E-state index contributed by atoms with van der Waals surface area (Å²) in [6, 6.07) is 16.1. The van der Waals surface area contributed by atoms with Gasteiger partial charge in [0.2, 0.25) is 17.7 Å². The first-order chi connectivity index (χ1) is 15.0. The molecule has 1 heterocycles. The zero-order valence-corrected chi connectivity index (χ0v) is 18.5. The van der Waals surface area contributed by atoms with Crippen LogP contribution in [0, 0.1) is 23.7 Å². The minimum absolute atomic E-state index is 0.0275. The fraction of sp³-hybridized carbons (Fsp3) is 0.320. The fourth-order valence-corrected chi connectivity index (χ4v) is 5.62. The van der Waals surface area contributed by atoms with E-state index in [1.54, 1.807) is 0 Å². The van der Waals surface area contributed by atoms with E-state index in [9.17, 15) is 14.4 Å². The number of likely N-dealkylation sites (tertiary alicyclic amines) is 1. The van der Waals surface area contributed by atoms with Crippen molar-refractivity contribution in [3.8, 4) is 0 Å². The minimum atomic E-state index is -0.610. The lowest BCUT2D eigenvalue weighted by atomic mass is 9.63. The largest absolute Gasteiger partial charge is 0.326 e. The maximum absolute atomic E-state index is 13.5. The molecule has 158 valence electrons. The van der Waals surface area contributed by atoms with Crippen LogP contribution in [-0.4, -0.2) is 22.6 Å². The van der Waals surface area contributed by atoms with Crippen molar-refractivity contribution < 1.29 is 14.4 Å². The average molecular weight is 479 g/mol. The molecule has 2 bridgehead atoms. The van der Waals surface area contributed by atoms with Crippen LogP contribution in [0.1, 0.15) is 30.9 Å². The summed E-state index contributed by atoms with van der Waals surface area (Å²) in [6.45, 7) is 0. The number of nitrogens with one attached hydrogen (secondary N) is 1. The second kappa shape index (κ2) is 8.08. The molecule has 3 amide bonds. The van der Waals surface area contributed by atoms with Gasteiger partial charge in [-0.15, -0.1) is 0 Å². The number of hydrogen-bond donors (Lipinski definition) is 1. The van der Waals surface area contributed by atoms with Crippen LogP contribution in [0.4, 0.5) is 5.69 Å². The van der Waals surface area contributed by atoms with Gasteiger partial charge in [0.25, 0.3) is 0 Å². The van der Waals surface area contributed by atoms with Crippen LogP contribution < -0.4 is 5.32 Å². The van der Waals surface area contributed by atoms with Crippen LogP contribution >= 0.6 is 15.9 Å². The van der Waals surface area contributed by atoms with Crippen LogP contribution in [0.3, 0.4) is 0 Å². The van der Waals surface area contributed by atoms with Gasteiger partial charge >= 0.3 is 0 Å². The molecule has 4 aliphatic rings. The second-order valence-electron chi connectivity index (χ2n) is 8.57. The molecule has 0 unspecified atom stereocenters. The standard InChI is InChI=1S/C25H23BrN2O3/c26-18-10-12-19(13-11-18)27-21(29)14-20(15-4-2-1-3-5-15)28-24(30)22-16-6-7-17(9-8-16)23(22)25(28)31/h1-7,10-13,16-17,20,22-23H,8-9,14H2,(H,27,29)/t16-,17-,20+,22-,23-/m0/s1. The van der Waals surface area contributed by atoms with Crippen molar-refractivity contribution in [2.45, 2.75) is 25.3 Å². The van der Waals surface area contributed by atoms with Gasteiger partial charge in [0.05, 0.1) is 24.3 Å². The Morgan fingerprint density at radius 3 is 2.06 bits per heavy atom. The number of carbonyl (C=O) groups is 3. The number of nitrogens with zero attached hydrogens (tertiary/aromatic N) is 1. The highest BCUT2D eigenvalue weighted by molar-refractivity contribution is 9.10. The number of fused-ring (bicyclic) bond motifs is 1. The van der Waals surface area contributed by atoms with Crippen LogP contribution in [0.15, 0.2) is 71.2 Å². The molecule has 2 aromatic carbocycles. The topological polar surface area (TPSA) is 66.5 Å². The molecule has 1 N–H and O–H groups in total. The highest BCUT2D eigenvalue weighted by Crippen LogP contribution is 2.51. The van der Waals surface area contributed by atoms with Gasteiger partial charge in [-0.3, -0.25) is 19.3 Å². The molecular weight excluding hydrogens is 456 g/mol. The van der Waals surface area contributed by atoms with E-state index in [1.165, 1.54) is 4.90 Å². The third-order valence-corrected chi connectivity index (χ3v) is 7.32. The van der Waals surface area contributed by atoms with Crippen LogP contribution in [0.2, 0.25) is 0 Å². The Balaban J connectivity index is 1.43. The van der Waals surface area contributed by atoms with E-state index >= 15 is 0 Å². The molecule has 5 atom stereocenters. The van der Waals surface area contributed by atoms with Crippen LogP contribution in [0.25, 0.3) is 0 Å².